The van der Waals surface area contributed by atoms with E-state index in [-0.39, 0.29) is 11.7 Å². The predicted molar refractivity (Wildman–Crippen MR) is 73.7 cm³/mol. The van der Waals surface area contributed by atoms with Crippen LogP contribution in [0, 0.1) is 11.7 Å². The average molecular weight is 264 g/mol. The largest absolute Gasteiger partial charge is 0.493 e. The highest BCUT2D eigenvalue weighted by molar-refractivity contribution is 6.60. The minimum atomic E-state index is -1.12. The van der Waals surface area contributed by atoms with Crippen LogP contribution in [0.1, 0.15) is 27.7 Å². The molecule has 0 atom stereocenters. The van der Waals surface area contributed by atoms with Gasteiger partial charge in [-0.3, -0.25) is 0 Å². The van der Waals surface area contributed by atoms with Gasteiger partial charge in [0.2, 0.25) is 0 Å². The molecule has 2 heterocycles. The first-order valence-electron chi connectivity index (χ1n) is 6.29. The van der Waals surface area contributed by atoms with E-state index in [1.807, 2.05) is 27.7 Å². The molecule has 0 spiro atoms. The summed E-state index contributed by atoms with van der Waals surface area (Å²) in [7, 11) is -1.12. The van der Waals surface area contributed by atoms with Crippen molar-refractivity contribution in [2.45, 2.75) is 33.3 Å². The van der Waals surface area contributed by atoms with Gasteiger partial charge in [0.05, 0.1) is 11.0 Å². The first kappa shape index (κ1) is 14.0. The minimum absolute atomic E-state index is 0.239. The summed E-state index contributed by atoms with van der Waals surface area (Å²) in [5, 5.41) is 10.4. The quantitative estimate of drug-likeness (QED) is 0.828. The average Bonchev–Trinajstić information content (AvgIpc) is 2.70. The standard InChI is InChI=1S/C13H18BFN2O2/c1-8(2)13(3,4)19-14(18)9-5-10-11(15)7-17-12(10)16-6-9/h5-8,18H,1-4H3,(H,16,17). The number of fused-ring (bicyclic) bond motifs is 1. The monoisotopic (exact) mass is 264 g/mol. The number of aromatic amines is 1. The van der Waals surface area contributed by atoms with Crippen molar-refractivity contribution in [1.29, 1.82) is 0 Å². The SMILES string of the molecule is CC(C)C(C)(C)OB(O)c1cnc2[nH]cc(F)c2c1. The molecular formula is C13H18BFN2O2. The van der Waals surface area contributed by atoms with Crippen LogP contribution < -0.4 is 5.46 Å². The Morgan fingerprint density at radius 2 is 2.16 bits per heavy atom. The molecule has 19 heavy (non-hydrogen) atoms. The van der Waals surface area contributed by atoms with E-state index < -0.39 is 12.7 Å². The van der Waals surface area contributed by atoms with Gasteiger partial charge in [0, 0.05) is 17.9 Å². The maximum absolute atomic E-state index is 13.5. The molecule has 2 aromatic heterocycles. The van der Waals surface area contributed by atoms with E-state index in [1.54, 1.807) is 6.07 Å². The van der Waals surface area contributed by atoms with Crippen LogP contribution in [0.5, 0.6) is 0 Å². The Morgan fingerprint density at radius 1 is 1.47 bits per heavy atom. The van der Waals surface area contributed by atoms with Crippen molar-refractivity contribution in [2.24, 2.45) is 5.92 Å². The molecule has 0 aliphatic rings. The Labute approximate surface area is 112 Å². The third-order valence-electron chi connectivity index (χ3n) is 3.59. The van der Waals surface area contributed by atoms with Gasteiger partial charge in [-0.2, -0.15) is 0 Å². The molecular weight excluding hydrogens is 246 g/mol. The fourth-order valence-electron chi connectivity index (χ4n) is 1.61. The van der Waals surface area contributed by atoms with Crippen LogP contribution in [-0.4, -0.2) is 27.7 Å². The number of hydrogen-bond donors (Lipinski definition) is 2. The second kappa shape index (κ2) is 4.94. The maximum Gasteiger partial charge on any atom is 0.493 e. The van der Waals surface area contributed by atoms with Crippen molar-refractivity contribution in [2.75, 3.05) is 0 Å². The molecule has 0 saturated carbocycles. The zero-order chi connectivity index (χ0) is 14.2. The third kappa shape index (κ3) is 2.79. The Bertz CT molecular complexity index is 583. The highest BCUT2D eigenvalue weighted by atomic mass is 19.1. The van der Waals surface area contributed by atoms with Crippen LogP contribution in [0.15, 0.2) is 18.5 Å². The van der Waals surface area contributed by atoms with Crippen molar-refractivity contribution in [3.63, 3.8) is 0 Å². The zero-order valence-corrected chi connectivity index (χ0v) is 11.6. The molecule has 0 aliphatic heterocycles. The molecule has 0 radical (unpaired) electrons. The molecule has 0 saturated heterocycles. The molecule has 2 aromatic rings. The van der Waals surface area contributed by atoms with E-state index in [1.165, 1.54) is 12.4 Å². The van der Waals surface area contributed by atoms with Crippen molar-refractivity contribution in [1.82, 2.24) is 9.97 Å². The Morgan fingerprint density at radius 3 is 2.79 bits per heavy atom. The van der Waals surface area contributed by atoms with E-state index in [4.69, 9.17) is 4.65 Å². The summed E-state index contributed by atoms with van der Waals surface area (Å²) in [6, 6.07) is 1.55. The van der Waals surface area contributed by atoms with E-state index in [0.29, 0.717) is 16.5 Å². The summed E-state index contributed by atoms with van der Waals surface area (Å²) < 4.78 is 19.1. The predicted octanol–water partition coefficient (Wildman–Crippen LogP) is 1.84. The molecule has 0 aromatic carbocycles. The van der Waals surface area contributed by atoms with Gasteiger partial charge < -0.3 is 14.7 Å². The first-order chi connectivity index (χ1) is 8.81. The molecule has 2 rings (SSSR count). The van der Waals surface area contributed by atoms with Gasteiger partial charge in [0.25, 0.3) is 0 Å². The fraction of sp³-hybridized carbons (Fsp3) is 0.462. The molecule has 0 aliphatic carbocycles. The van der Waals surface area contributed by atoms with Crippen molar-refractivity contribution in [3.05, 3.63) is 24.3 Å². The number of aromatic nitrogens is 2. The zero-order valence-electron chi connectivity index (χ0n) is 11.6. The van der Waals surface area contributed by atoms with E-state index in [9.17, 15) is 9.41 Å². The fourth-order valence-corrected chi connectivity index (χ4v) is 1.61. The highest BCUT2D eigenvalue weighted by Crippen LogP contribution is 2.21. The van der Waals surface area contributed by atoms with E-state index >= 15 is 0 Å². The lowest BCUT2D eigenvalue weighted by Crippen LogP contribution is -2.44. The third-order valence-corrected chi connectivity index (χ3v) is 3.59. The van der Waals surface area contributed by atoms with Crippen molar-refractivity contribution < 1.29 is 14.1 Å². The second-order valence-electron chi connectivity index (χ2n) is 5.53. The first-order valence-corrected chi connectivity index (χ1v) is 6.29. The number of rotatable bonds is 4. The number of nitrogens with zero attached hydrogens (tertiary/aromatic N) is 1. The van der Waals surface area contributed by atoms with Crippen LogP contribution in [0.25, 0.3) is 11.0 Å². The number of nitrogens with one attached hydrogen (secondary N) is 1. The van der Waals surface area contributed by atoms with Gasteiger partial charge in [-0.25, -0.2) is 9.37 Å². The Balaban J connectivity index is 2.26. The highest BCUT2D eigenvalue weighted by Gasteiger charge is 2.30. The number of H-pyrrole nitrogens is 1. The van der Waals surface area contributed by atoms with Crippen LogP contribution in [-0.2, 0) is 4.65 Å². The molecule has 6 heteroatoms. The molecule has 0 amide bonds. The Kier molecular flexibility index (Phi) is 3.65. The van der Waals surface area contributed by atoms with Gasteiger partial charge in [0.1, 0.15) is 11.5 Å². The number of hydrogen-bond acceptors (Lipinski definition) is 3. The lowest BCUT2D eigenvalue weighted by molar-refractivity contribution is 0.0423. The van der Waals surface area contributed by atoms with Gasteiger partial charge in [0.15, 0.2) is 0 Å². The number of halogens is 1. The van der Waals surface area contributed by atoms with E-state index in [2.05, 4.69) is 9.97 Å². The lowest BCUT2D eigenvalue weighted by Gasteiger charge is -2.31. The Hall–Kier alpha value is -1.40. The molecule has 0 unspecified atom stereocenters. The molecule has 0 fully saturated rings. The molecule has 102 valence electrons. The lowest BCUT2D eigenvalue weighted by atomic mass is 9.78. The van der Waals surface area contributed by atoms with Crippen molar-refractivity contribution >= 4 is 23.6 Å². The normalized spacial score (nSPS) is 12.4. The molecule has 0 bridgehead atoms. The van der Waals surface area contributed by atoms with Crippen LogP contribution in [0.4, 0.5) is 4.39 Å². The van der Waals surface area contributed by atoms with E-state index in [0.717, 1.165) is 0 Å². The molecule has 2 N–H and O–H groups in total. The summed E-state index contributed by atoms with van der Waals surface area (Å²) in [5.74, 6) is -0.150. The van der Waals surface area contributed by atoms with Crippen LogP contribution in [0.3, 0.4) is 0 Å². The smallest absolute Gasteiger partial charge is 0.423 e. The molecule has 4 nitrogen and oxygen atoms in total. The van der Waals surface area contributed by atoms with Crippen LogP contribution in [0.2, 0.25) is 0 Å². The maximum atomic E-state index is 13.5. The summed E-state index contributed by atoms with van der Waals surface area (Å²) >= 11 is 0. The minimum Gasteiger partial charge on any atom is -0.423 e. The summed E-state index contributed by atoms with van der Waals surface area (Å²) in [5.41, 5.74) is 0.418. The number of pyridine rings is 1. The van der Waals surface area contributed by atoms with Crippen LogP contribution >= 0.6 is 0 Å². The van der Waals surface area contributed by atoms with Gasteiger partial charge in [-0.05, 0) is 25.8 Å². The van der Waals surface area contributed by atoms with Crippen molar-refractivity contribution in [3.8, 4) is 0 Å². The summed E-state index contributed by atoms with van der Waals surface area (Å²) in [4.78, 5) is 6.77. The summed E-state index contributed by atoms with van der Waals surface area (Å²) in [6.07, 6.45) is 2.73. The second-order valence-corrected chi connectivity index (χ2v) is 5.53. The van der Waals surface area contributed by atoms with Gasteiger partial charge in [-0.1, -0.05) is 13.8 Å². The van der Waals surface area contributed by atoms with Gasteiger partial charge in [-0.15, -0.1) is 0 Å². The van der Waals surface area contributed by atoms with Gasteiger partial charge >= 0.3 is 7.12 Å². The summed E-state index contributed by atoms with van der Waals surface area (Å²) in [6.45, 7) is 7.84. The topological polar surface area (TPSA) is 58.1 Å².